The third-order valence-corrected chi connectivity index (χ3v) is 7.15. The van der Waals surface area contributed by atoms with Gasteiger partial charge in [0, 0.05) is 17.6 Å². The molecule has 0 aliphatic carbocycles. The van der Waals surface area contributed by atoms with Crippen LogP contribution in [-0.2, 0) is 22.2 Å². The lowest BCUT2D eigenvalue weighted by Crippen LogP contribution is -2.42. The first-order valence-electron chi connectivity index (χ1n) is 13.9. The average molecular weight is 633 g/mol. The SMILES string of the molecule is COc1ccc(C(Cc2ccc(NC(=O)c3cc(C(F)(F)F)ccc3Cl)cc2)C(=O)O)cc1N(CC(C)C)C(=O)C(C)(C)C. The molecule has 3 aromatic carbocycles. The maximum absolute atomic E-state index is 13.4. The Morgan fingerprint density at radius 1 is 0.977 bits per heavy atom. The van der Waals surface area contributed by atoms with E-state index in [0.717, 1.165) is 12.1 Å². The van der Waals surface area contributed by atoms with Crippen LogP contribution in [0.25, 0.3) is 0 Å². The number of aliphatic carboxylic acids is 1. The summed E-state index contributed by atoms with van der Waals surface area (Å²) in [5, 5.41) is 12.6. The van der Waals surface area contributed by atoms with E-state index in [-0.39, 0.29) is 34.5 Å². The van der Waals surface area contributed by atoms with E-state index in [4.69, 9.17) is 16.3 Å². The second-order valence-electron chi connectivity index (χ2n) is 11.9. The second-order valence-corrected chi connectivity index (χ2v) is 12.3. The topological polar surface area (TPSA) is 95.9 Å². The number of amides is 2. The molecular formula is C33H36ClF3N2O5. The summed E-state index contributed by atoms with van der Waals surface area (Å²) >= 11 is 5.98. The third kappa shape index (κ3) is 8.53. The zero-order chi connectivity index (χ0) is 33.0. The number of halogens is 4. The Bertz CT molecular complexity index is 1520. The van der Waals surface area contributed by atoms with Crippen molar-refractivity contribution in [2.24, 2.45) is 11.3 Å². The maximum Gasteiger partial charge on any atom is 0.416 e. The zero-order valence-corrected chi connectivity index (χ0v) is 26.1. The lowest BCUT2D eigenvalue weighted by molar-refractivity contribution is -0.139. The van der Waals surface area contributed by atoms with E-state index in [1.165, 1.54) is 19.2 Å². The second kappa shape index (κ2) is 13.7. The molecule has 0 aliphatic heterocycles. The summed E-state index contributed by atoms with van der Waals surface area (Å²) < 4.78 is 44.9. The number of hydrogen-bond donors (Lipinski definition) is 2. The highest BCUT2D eigenvalue weighted by Crippen LogP contribution is 2.36. The number of carboxylic acids is 1. The normalized spacial score (nSPS) is 12.5. The Morgan fingerprint density at radius 2 is 1.61 bits per heavy atom. The van der Waals surface area contributed by atoms with Gasteiger partial charge in [0.25, 0.3) is 5.91 Å². The van der Waals surface area contributed by atoms with Crippen molar-refractivity contribution >= 4 is 40.8 Å². The van der Waals surface area contributed by atoms with Crippen molar-refractivity contribution < 1.29 is 37.4 Å². The van der Waals surface area contributed by atoms with Crippen molar-refractivity contribution in [2.75, 3.05) is 23.9 Å². The fourth-order valence-corrected chi connectivity index (χ4v) is 4.78. The van der Waals surface area contributed by atoms with Crippen molar-refractivity contribution in [3.8, 4) is 5.75 Å². The van der Waals surface area contributed by atoms with Gasteiger partial charge in [-0.25, -0.2) is 0 Å². The molecule has 0 heterocycles. The Labute approximate surface area is 260 Å². The van der Waals surface area contributed by atoms with Gasteiger partial charge < -0.3 is 20.1 Å². The van der Waals surface area contributed by atoms with Gasteiger partial charge in [0.1, 0.15) is 5.75 Å². The van der Waals surface area contributed by atoms with Crippen molar-refractivity contribution in [3.63, 3.8) is 0 Å². The fraction of sp³-hybridized carbons (Fsp3) is 0.364. The van der Waals surface area contributed by atoms with Crippen molar-refractivity contribution in [1.29, 1.82) is 0 Å². The van der Waals surface area contributed by atoms with Gasteiger partial charge in [0.2, 0.25) is 5.91 Å². The predicted molar refractivity (Wildman–Crippen MR) is 165 cm³/mol. The number of carbonyl (C=O) groups excluding carboxylic acids is 2. The number of nitrogens with zero attached hydrogens (tertiary/aromatic N) is 1. The molecule has 0 saturated carbocycles. The lowest BCUT2D eigenvalue weighted by Gasteiger charge is -2.32. The summed E-state index contributed by atoms with van der Waals surface area (Å²) in [4.78, 5) is 40.2. The van der Waals surface area contributed by atoms with Crippen LogP contribution in [0.1, 0.15) is 67.6 Å². The van der Waals surface area contributed by atoms with Gasteiger partial charge in [-0.15, -0.1) is 0 Å². The quantitative estimate of drug-likeness (QED) is 0.236. The Hall–Kier alpha value is -4.05. The van der Waals surface area contributed by atoms with Gasteiger partial charge >= 0.3 is 12.1 Å². The van der Waals surface area contributed by atoms with Crippen LogP contribution in [0.15, 0.2) is 60.7 Å². The molecule has 7 nitrogen and oxygen atoms in total. The number of alkyl halides is 3. The Kier molecular flexibility index (Phi) is 10.7. The minimum atomic E-state index is -4.64. The molecule has 0 fully saturated rings. The van der Waals surface area contributed by atoms with E-state index in [2.05, 4.69) is 5.32 Å². The highest BCUT2D eigenvalue weighted by atomic mass is 35.5. The van der Waals surface area contributed by atoms with E-state index < -0.39 is 34.9 Å². The van der Waals surface area contributed by atoms with Gasteiger partial charge in [-0.1, -0.05) is 64.4 Å². The first-order chi connectivity index (χ1) is 20.4. The number of methoxy groups -OCH3 is 1. The van der Waals surface area contributed by atoms with Gasteiger partial charge in [0.05, 0.1) is 34.9 Å². The highest BCUT2D eigenvalue weighted by molar-refractivity contribution is 6.34. The summed E-state index contributed by atoms with van der Waals surface area (Å²) in [6.07, 6.45) is -4.55. The smallest absolute Gasteiger partial charge is 0.416 e. The van der Waals surface area contributed by atoms with Gasteiger partial charge in [-0.2, -0.15) is 13.2 Å². The number of hydrogen-bond acceptors (Lipinski definition) is 4. The zero-order valence-electron chi connectivity index (χ0n) is 25.4. The number of rotatable bonds is 10. The van der Waals surface area contributed by atoms with Crippen LogP contribution in [0, 0.1) is 11.3 Å². The third-order valence-electron chi connectivity index (χ3n) is 6.82. The first-order valence-corrected chi connectivity index (χ1v) is 14.3. The van der Waals surface area contributed by atoms with Crippen LogP contribution in [0.3, 0.4) is 0 Å². The molecule has 1 atom stereocenters. The summed E-state index contributed by atoms with van der Waals surface area (Å²) in [5.41, 5.74) is -0.143. The van der Waals surface area contributed by atoms with E-state index in [1.54, 1.807) is 35.2 Å². The minimum absolute atomic E-state index is 0.0895. The molecule has 0 spiro atoms. The first kappa shape index (κ1) is 34.4. The molecule has 3 aromatic rings. The monoisotopic (exact) mass is 632 g/mol. The molecule has 2 amide bonds. The fourth-order valence-electron chi connectivity index (χ4n) is 4.58. The molecular weight excluding hydrogens is 597 g/mol. The number of carboxylic acid groups (broad SMARTS) is 1. The standard InChI is InChI=1S/C33H36ClF3N2O5/c1-19(2)18-39(31(43)32(3,4)5)27-16-21(9-14-28(27)44-6)24(30(41)42)15-20-7-11-23(12-8-20)38-29(40)25-17-22(33(35,36)37)10-13-26(25)34/h7-14,16-17,19,24H,15,18H2,1-6H3,(H,38,40)(H,41,42). The van der Waals surface area contributed by atoms with E-state index in [0.29, 0.717) is 35.2 Å². The number of nitrogens with one attached hydrogen (secondary N) is 1. The molecule has 11 heteroatoms. The molecule has 3 rings (SSSR count). The Morgan fingerprint density at radius 3 is 2.14 bits per heavy atom. The van der Waals surface area contributed by atoms with Crippen LogP contribution >= 0.6 is 11.6 Å². The molecule has 0 radical (unpaired) electrons. The van der Waals surface area contributed by atoms with Gasteiger partial charge in [-0.3, -0.25) is 14.4 Å². The molecule has 236 valence electrons. The van der Waals surface area contributed by atoms with E-state index in [1.807, 2.05) is 34.6 Å². The summed E-state index contributed by atoms with van der Waals surface area (Å²) in [7, 11) is 1.49. The molecule has 0 bridgehead atoms. The number of anilines is 2. The number of ether oxygens (including phenoxy) is 1. The number of benzene rings is 3. The van der Waals surface area contributed by atoms with Crippen LogP contribution < -0.4 is 15.0 Å². The maximum atomic E-state index is 13.4. The van der Waals surface area contributed by atoms with E-state index >= 15 is 0 Å². The molecule has 2 N–H and O–H groups in total. The minimum Gasteiger partial charge on any atom is -0.495 e. The molecule has 1 unspecified atom stereocenters. The van der Waals surface area contributed by atoms with Crippen LogP contribution in [0.2, 0.25) is 5.02 Å². The summed E-state index contributed by atoms with van der Waals surface area (Å²) in [6, 6.07) is 13.8. The molecule has 44 heavy (non-hydrogen) atoms. The predicted octanol–water partition coefficient (Wildman–Crippen LogP) is 8.07. The summed E-state index contributed by atoms with van der Waals surface area (Å²) in [6.45, 7) is 9.84. The Balaban J connectivity index is 1.88. The lowest BCUT2D eigenvalue weighted by atomic mass is 9.90. The van der Waals surface area contributed by atoms with Crippen LogP contribution in [-0.4, -0.2) is 36.5 Å². The van der Waals surface area contributed by atoms with Gasteiger partial charge in [-0.05, 0) is 65.9 Å². The average Bonchev–Trinajstić information content (AvgIpc) is 2.93. The van der Waals surface area contributed by atoms with Crippen LogP contribution in [0.5, 0.6) is 5.75 Å². The summed E-state index contributed by atoms with van der Waals surface area (Å²) in [5.74, 6) is -2.42. The van der Waals surface area contributed by atoms with E-state index in [9.17, 15) is 32.7 Å². The molecule has 0 aromatic heterocycles. The van der Waals surface area contributed by atoms with Crippen molar-refractivity contribution in [1.82, 2.24) is 0 Å². The van der Waals surface area contributed by atoms with Crippen molar-refractivity contribution in [2.45, 2.75) is 53.1 Å². The highest BCUT2D eigenvalue weighted by Gasteiger charge is 2.33. The van der Waals surface area contributed by atoms with Crippen molar-refractivity contribution in [3.05, 3.63) is 87.9 Å². The largest absolute Gasteiger partial charge is 0.495 e. The van der Waals surface area contributed by atoms with Gasteiger partial charge in [0.15, 0.2) is 0 Å². The molecule has 0 aliphatic rings. The number of carbonyl (C=O) groups is 3. The van der Waals surface area contributed by atoms with Crippen LogP contribution in [0.4, 0.5) is 24.5 Å². The molecule has 0 saturated heterocycles.